The lowest BCUT2D eigenvalue weighted by atomic mass is 10.0. The maximum atomic E-state index is 12.9. The van der Waals surface area contributed by atoms with Gasteiger partial charge in [0.15, 0.2) is 5.76 Å². The molecule has 128 valence electrons. The van der Waals surface area contributed by atoms with Gasteiger partial charge in [0.05, 0.1) is 6.26 Å². The quantitative estimate of drug-likeness (QED) is 0.818. The number of nitrogens with one attached hydrogen (secondary N) is 2. The maximum absolute atomic E-state index is 12.9. The van der Waals surface area contributed by atoms with Crippen LogP contribution in [-0.4, -0.2) is 24.4 Å². The van der Waals surface area contributed by atoms with Gasteiger partial charge in [-0.3, -0.25) is 9.59 Å². The summed E-state index contributed by atoms with van der Waals surface area (Å²) in [5.41, 5.74) is 0.928. The molecule has 0 saturated heterocycles. The fourth-order valence-electron chi connectivity index (χ4n) is 2.25. The summed E-state index contributed by atoms with van der Waals surface area (Å²) in [6.45, 7) is 4.11. The third kappa shape index (κ3) is 4.94. The van der Waals surface area contributed by atoms with Crippen LogP contribution in [0.15, 0.2) is 47.1 Å². The van der Waals surface area contributed by atoms with Crippen molar-refractivity contribution in [2.24, 2.45) is 5.92 Å². The summed E-state index contributed by atoms with van der Waals surface area (Å²) in [6, 6.07) is 8.63. The Hall–Kier alpha value is -2.63. The Bertz CT molecular complexity index is 666. The van der Waals surface area contributed by atoms with Crippen molar-refractivity contribution in [1.29, 1.82) is 0 Å². The molecule has 0 aliphatic carbocycles. The summed E-state index contributed by atoms with van der Waals surface area (Å²) in [5.74, 6) is -0.878. The van der Waals surface area contributed by atoms with E-state index in [0.29, 0.717) is 13.0 Å². The molecule has 1 aromatic carbocycles. The van der Waals surface area contributed by atoms with Crippen molar-refractivity contribution in [1.82, 2.24) is 10.6 Å². The highest BCUT2D eigenvalue weighted by atomic mass is 19.1. The molecular weight excluding hydrogens is 311 g/mol. The normalized spacial score (nSPS) is 12.0. The van der Waals surface area contributed by atoms with E-state index in [-0.39, 0.29) is 23.4 Å². The molecule has 1 heterocycles. The first kappa shape index (κ1) is 17.7. The van der Waals surface area contributed by atoms with Crippen molar-refractivity contribution < 1.29 is 18.4 Å². The molecule has 6 heteroatoms. The zero-order valence-corrected chi connectivity index (χ0v) is 13.7. The van der Waals surface area contributed by atoms with Crippen molar-refractivity contribution in [3.05, 3.63) is 59.8 Å². The van der Waals surface area contributed by atoms with Crippen LogP contribution in [0.3, 0.4) is 0 Å². The number of carbonyl (C=O) groups is 2. The van der Waals surface area contributed by atoms with E-state index in [4.69, 9.17) is 4.42 Å². The van der Waals surface area contributed by atoms with Gasteiger partial charge in [-0.25, -0.2) is 4.39 Å². The number of rotatable bonds is 7. The summed E-state index contributed by atoms with van der Waals surface area (Å²) in [6.07, 6.45) is 1.99. The zero-order valence-electron chi connectivity index (χ0n) is 13.7. The van der Waals surface area contributed by atoms with Crippen molar-refractivity contribution in [2.75, 3.05) is 6.54 Å². The summed E-state index contributed by atoms with van der Waals surface area (Å²) in [5, 5.41) is 5.48. The molecule has 1 aromatic heterocycles. The summed E-state index contributed by atoms with van der Waals surface area (Å²) >= 11 is 0. The first-order valence-corrected chi connectivity index (χ1v) is 7.84. The third-order valence-corrected chi connectivity index (χ3v) is 3.61. The van der Waals surface area contributed by atoms with Gasteiger partial charge in [0.1, 0.15) is 11.9 Å². The van der Waals surface area contributed by atoms with Gasteiger partial charge in [0.2, 0.25) is 5.91 Å². The summed E-state index contributed by atoms with van der Waals surface area (Å²) in [4.78, 5) is 24.3. The van der Waals surface area contributed by atoms with Gasteiger partial charge in [-0.15, -0.1) is 0 Å². The van der Waals surface area contributed by atoms with E-state index < -0.39 is 11.9 Å². The second-order valence-corrected chi connectivity index (χ2v) is 5.84. The highest BCUT2D eigenvalue weighted by Crippen LogP contribution is 2.06. The van der Waals surface area contributed by atoms with Crippen molar-refractivity contribution in [2.45, 2.75) is 26.3 Å². The number of hydrogen-bond donors (Lipinski definition) is 2. The molecule has 1 atom stereocenters. The van der Waals surface area contributed by atoms with Crippen LogP contribution in [0.25, 0.3) is 0 Å². The van der Waals surface area contributed by atoms with Crippen molar-refractivity contribution >= 4 is 11.8 Å². The van der Waals surface area contributed by atoms with Crippen LogP contribution in [0.4, 0.5) is 4.39 Å². The van der Waals surface area contributed by atoms with E-state index >= 15 is 0 Å². The number of carbonyl (C=O) groups excluding carboxylic acids is 2. The molecule has 2 rings (SSSR count). The van der Waals surface area contributed by atoms with Crippen LogP contribution in [0.5, 0.6) is 0 Å². The van der Waals surface area contributed by atoms with E-state index in [1.54, 1.807) is 24.3 Å². The Labute approximate surface area is 140 Å². The molecular formula is C18H21FN2O3. The van der Waals surface area contributed by atoms with Gasteiger partial charge >= 0.3 is 0 Å². The van der Waals surface area contributed by atoms with Crippen LogP contribution in [0.2, 0.25) is 0 Å². The molecule has 1 unspecified atom stereocenters. The number of halogens is 1. The minimum atomic E-state index is -0.657. The first-order valence-electron chi connectivity index (χ1n) is 7.84. The molecule has 0 aliphatic rings. The lowest BCUT2D eigenvalue weighted by Gasteiger charge is -2.21. The Morgan fingerprint density at radius 3 is 2.46 bits per heavy atom. The fourth-order valence-corrected chi connectivity index (χ4v) is 2.25. The van der Waals surface area contributed by atoms with Crippen LogP contribution < -0.4 is 10.6 Å². The lowest BCUT2D eigenvalue weighted by Crippen LogP contribution is -2.50. The minimum Gasteiger partial charge on any atom is -0.459 e. The molecule has 0 spiro atoms. The molecule has 0 aliphatic heterocycles. The van der Waals surface area contributed by atoms with Gasteiger partial charge in [0.25, 0.3) is 5.91 Å². The number of benzene rings is 1. The number of hydrogen-bond acceptors (Lipinski definition) is 3. The zero-order chi connectivity index (χ0) is 17.5. The van der Waals surface area contributed by atoms with Gasteiger partial charge in [-0.2, -0.15) is 0 Å². The van der Waals surface area contributed by atoms with Gasteiger partial charge in [0, 0.05) is 6.54 Å². The van der Waals surface area contributed by atoms with Crippen LogP contribution in [-0.2, 0) is 11.2 Å². The maximum Gasteiger partial charge on any atom is 0.287 e. The fraction of sp³-hybridized carbons (Fsp3) is 0.333. The largest absolute Gasteiger partial charge is 0.459 e. The molecule has 2 amide bonds. The van der Waals surface area contributed by atoms with Crippen LogP contribution in [0.1, 0.15) is 30.0 Å². The van der Waals surface area contributed by atoms with Crippen LogP contribution >= 0.6 is 0 Å². The lowest BCUT2D eigenvalue weighted by molar-refractivity contribution is -0.123. The van der Waals surface area contributed by atoms with Crippen molar-refractivity contribution in [3.8, 4) is 0 Å². The number of amides is 2. The van der Waals surface area contributed by atoms with Crippen molar-refractivity contribution in [3.63, 3.8) is 0 Å². The SMILES string of the molecule is CC(C)C(NC(=O)c1ccco1)C(=O)NCCc1ccc(F)cc1. The highest BCUT2D eigenvalue weighted by Gasteiger charge is 2.25. The second kappa shape index (κ2) is 8.29. The number of furan rings is 1. The molecule has 5 nitrogen and oxygen atoms in total. The smallest absolute Gasteiger partial charge is 0.287 e. The van der Waals surface area contributed by atoms with E-state index in [1.807, 2.05) is 13.8 Å². The van der Waals surface area contributed by atoms with E-state index in [9.17, 15) is 14.0 Å². The minimum absolute atomic E-state index is 0.0743. The Morgan fingerprint density at radius 1 is 1.17 bits per heavy atom. The van der Waals surface area contributed by atoms with Gasteiger partial charge in [-0.05, 0) is 42.2 Å². The summed E-state index contributed by atoms with van der Waals surface area (Å²) in [7, 11) is 0. The Morgan fingerprint density at radius 2 is 1.88 bits per heavy atom. The summed E-state index contributed by atoms with van der Waals surface area (Å²) < 4.78 is 17.9. The predicted molar refractivity (Wildman–Crippen MR) is 87.9 cm³/mol. The molecule has 2 N–H and O–H groups in total. The second-order valence-electron chi connectivity index (χ2n) is 5.84. The van der Waals surface area contributed by atoms with E-state index in [0.717, 1.165) is 5.56 Å². The third-order valence-electron chi connectivity index (χ3n) is 3.61. The molecule has 0 fully saturated rings. The first-order chi connectivity index (χ1) is 11.5. The molecule has 0 saturated carbocycles. The van der Waals surface area contributed by atoms with Crippen LogP contribution in [0, 0.1) is 11.7 Å². The van der Waals surface area contributed by atoms with E-state index in [2.05, 4.69) is 10.6 Å². The topological polar surface area (TPSA) is 71.3 Å². The highest BCUT2D eigenvalue weighted by molar-refractivity contribution is 5.95. The monoisotopic (exact) mass is 332 g/mol. The Balaban J connectivity index is 1.87. The predicted octanol–water partition coefficient (Wildman–Crippen LogP) is 2.53. The van der Waals surface area contributed by atoms with E-state index in [1.165, 1.54) is 18.4 Å². The molecule has 0 radical (unpaired) electrons. The van der Waals surface area contributed by atoms with Gasteiger partial charge in [-0.1, -0.05) is 26.0 Å². The molecule has 24 heavy (non-hydrogen) atoms. The standard InChI is InChI=1S/C18H21FN2O3/c1-12(2)16(21-17(22)15-4-3-11-24-15)18(23)20-10-9-13-5-7-14(19)8-6-13/h3-8,11-12,16H,9-10H2,1-2H3,(H,20,23)(H,21,22). The average Bonchev–Trinajstić information content (AvgIpc) is 3.08. The van der Waals surface area contributed by atoms with Gasteiger partial charge < -0.3 is 15.1 Å². The average molecular weight is 332 g/mol. The molecule has 0 bridgehead atoms. The molecule has 2 aromatic rings. The Kier molecular flexibility index (Phi) is 6.12.